The summed E-state index contributed by atoms with van der Waals surface area (Å²) in [4.78, 5) is 4.34. The number of benzene rings is 1. The maximum absolute atomic E-state index is 4.34. The molecule has 1 N–H and O–H groups in total. The standard InChI is InChI=1S/C18H22N2/c1-14-9-12-20-13-16(14)17(19-2)18(10-6-11-18)15-7-4-3-5-8-15/h3-5,7-9,12-13,17,19H,6,10-11H2,1-2H3. The van der Waals surface area contributed by atoms with E-state index in [4.69, 9.17) is 0 Å². The Balaban J connectivity index is 2.05. The van der Waals surface area contributed by atoms with Crippen LogP contribution in [0.2, 0.25) is 0 Å². The van der Waals surface area contributed by atoms with E-state index in [2.05, 4.69) is 60.7 Å². The fourth-order valence-electron chi connectivity index (χ4n) is 3.58. The minimum absolute atomic E-state index is 0.226. The lowest BCUT2D eigenvalue weighted by atomic mass is 9.58. The SMILES string of the molecule is CNC(c1cnccc1C)C1(c2ccccc2)CCC1. The smallest absolute Gasteiger partial charge is 0.0433 e. The highest BCUT2D eigenvalue weighted by molar-refractivity contribution is 5.37. The summed E-state index contributed by atoms with van der Waals surface area (Å²) in [7, 11) is 2.07. The number of aromatic nitrogens is 1. The summed E-state index contributed by atoms with van der Waals surface area (Å²) in [6.07, 6.45) is 7.71. The average molecular weight is 266 g/mol. The molecule has 0 amide bonds. The number of hydrogen-bond donors (Lipinski definition) is 1. The molecule has 0 bridgehead atoms. The first-order valence-electron chi connectivity index (χ1n) is 7.41. The molecule has 1 unspecified atom stereocenters. The Morgan fingerprint density at radius 2 is 1.90 bits per heavy atom. The molecule has 2 heteroatoms. The maximum Gasteiger partial charge on any atom is 0.0433 e. The van der Waals surface area contributed by atoms with Crippen LogP contribution in [0.1, 0.15) is 42.0 Å². The molecular formula is C18H22N2. The van der Waals surface area contributed by atoms with Gasteiger partial charge in [0, 0.05) is 23.9 Å². The second-order valence-corrected chi connectivity index (χ2v) is 5.83. The molecule has 1 atom stereocenters. The predicted molar refractivity (Wildman–Crippen MR) is 82.7 cm³/mol. The third kappa shape index (κ3) is 2.04. The fourth-order valence-corrected chi connectivity index (χ4v) is 3.58. The molecule has 1 aromatic carbocycles. The van der Waals surface area contributed by atoms with Crippen molar-refractivity contribution in [1.82, 2.24) is 10.3 Å². The lowest BCUT2D eigenvalue weighted by Crippen LogP contribution is -2.46. The van der Waals surface area contributed by atoms with Crippen molar-refractivity contribution in [3.8, 4) is 0 Å². The predicted octanol–water partition coefficient (Wildman–Crippen LogP) is 3.77. The Kier molecular flexibility index (Phi) is 3.58. The molecule has 1 aromatic heterocycles. The minimum Gasteiger partial charge on any atom is -0.312 e. The largest absolute Gasteiger partial charge is 0.312 e. The highest BCUT2D eigenvalue weighted by atomic mass is 14.9. The average Bonchev–Trinajstić information content (AvgIpc) is 2.45. The van der Waals surface area contributed by atoms with Crippen molar-refractivity contribution in [2.24, 2.45) is 0 Å². The van der Waals surface area contributed by atoms with E-state index in [9.17, 15) is 0 Å². The highest BCUT2D eigenvalue weighted by Gasteiger charge is 2.45. The Bertz CT molecular complexity index is 573. The molecule has 1 heterocycles. The molecule has 1 aliphatic rings. The zero-order valence-electron chi connectivity index (χ0n) is 12.3. The summed E-state index contributed by atoms with van der Waals surface area (Å²) in [5, 5.41) is 3.56. The van der Waals surface area contributed by atoms with E-state index >= 15 is 0 Å². The monoisotopic (exact) mass is 266 g/mol. The van der Waals surface area contributed by atoms with Crippen LogP contribution in [0.15, 0.2) is 48.8 Å². The third-order valence-corrected chi connectivity index (χ3v) is 4.83. The Morgan fingerprint density at radius 1 is 1.15 bits per heavy atom. The molecule has 20 heavy (non-hydrogen) atoms. The molecule has 2 aromatic rings. The molecule has 0 aliphatic heterocycles. The summed E-state index contributed by atoms with van der Waals surface area (Å²) < 4.78 is 0. The van der Waals surface area contributed by atoms with Gasteiger partial charge in [-0.3, -0.25) is 4.98 Å². The third-order valence-electron chi connectivity index (χ3n) is 4.83. The summed E-state index contributed by atoms with van der Waals surface area (Å²) in [5.41, 5.74) is 4.33. The molecule has 0 saturated heterocycles. The van der Waals surface area contributed by atoms with Crippen LogP contribution in [-0.4, -0.2) is 12.0 Å². The quantitative estimate of drug-likeness (QED) is 0.911. The zero-order chi connectivity index (χ0) is 14.0. The van der Waals surface area contributed by atoms with E-state index in [1.54, 1.807) is 0 Å². The van der Waals surface area contributed by atoms with Gasteiger partial charge in [0.1, 0.15) is 0 Å². The first-order chi connectivity index (χ1) is 9.78. The Labute approximate surface area is 121 Å². The maximum atomic E-state index is 4.34. The van der Waals surface area contributed by atoms with E-state index in [0.29, 0.717) is 6.04 Å². The summed E-state index contributed by atoms with van der Waals surface area (Å²) in [6.45, 7) is 2.18. The van der Waals surface area contributed by atoms with Crippen molar-refractivity contribution < 1.29 is 0 Å². The van der Waals surface area contributed by atoms with E-state index in [1.807, 2.05) is 12.4 Å². The van der Waals surface area contributed by atoms with Gasteiger partial charge in [-0.15, -0.1) is 0 Å². The minimum atomic E-state index is 0.226. The van der Waals surface area contributed by atoms with Gasteiger partial charge in [-0.25, -0.2) is 0 Å². The van der Waals surface area contributed by atoms with Gasteiger partial charge in [0.2, 0.25) is 0 Å². The Hall–Kier alpha value is -1.67. The zero-order valence-corrected chi connectivity index (χ0v) is 12.3. The number of pyridine rings is 1. The molecule has 1 aliphatic carbocycles. The van der Waals surface area contributed by atoms with Crippen molar-refractivity contribution >= 4 is 0 Å². The number of likely N-dealkylation sites (N-methyl/N-ethyl adjacent to an activating group) is 1. The van der Waals surface area contributed by atoms with Crippen molar-refractivity contribution in [2.45, 2.75) is 37.6 Å². The number of aryl methyl sites for hydroxylation is 1. The first kappa shape index (κ1) is 13.3. The van der Waals surface area contributed by atoms with Crippen LogP contribution in [0.25, 0.3) is 0 Å². The molecule has 0 spiro atoms. The van der Waals surface area contributed by atoms with E-state index in [-0.39, 0.29) is 5.41 Å². The first-order valence-corrected chi connectivity index (χ1v) is 7.41. The van der Waals surface area contributed by atoms with Crippen LogP contribution in [0, 0.1) is 6.92 Å². The van der Waals surface area contributed by atoms with Gasteiger partial charge in [0.05, 0.1) is 0 Å². The second-order valence-electron chi connectivity index (χ2n) is 5.83. The van der Waals surface area contributed by atoms with Gasteiger partial charge in [0.15, 0.2) is 0 Å². The van der Waals surface area contributed by atoms with Gasteiger partial charge in [-0.1, -0.05) is 36.8 Å². The normalized spacial score (nSPS) is 18.3. The van der Waals surface area contributed by atoms with E-state index in [0.717, 1.165) is 0 Å². The Morgan fingerprint density at radius 3 is 2.45 bits per heavy atom. The fraction of sp³-hybridized carbons (Fsp3) is 0.389. The van der Waals surface area contributed by atoms with Gasteiger partial charge >= 0.3 is 0 Å². The van der Waals surface area contributed by atoms with E-state index in [1.165, 1.54) is 36.0 Å². The van der Waals surface area contributed by atoms with Crippen LogP contribution < -0.4 is 5.32 Å². The van der Waals surface area contributed by atoms with Crippen molar-refractivity contribution in [3.63, 3.8) is 0 Å². The molecule has 2 nitrogen and oxygen atoms in total. The topological polar surface area (TPSA) is 24.9 Å². The van der Waals surface area contributed by atoms with E-state index < -0.39 is 0 Å². The number of nitrogens with one attached hydrogen (secondary N) is 1. The molecular weight excluding hydrogens is 244 g/mol. The lowest BCUT2D eigenvalue weighted by Gasteiger charge is -2.48. The van der Waals surface area contributed by atoms with Crippen LogP contribution in [0.3, 0.4) is 0 Å². The van der Waals surface area contributed by atoms with Crippen LogP contribution in [0.4, 0.5) is 0 Å². The summed E-state index contributed by atoms with van der Waals surface area (Å²) >= 11 is 0. The van der Waals surface area contributed by atoms with Gasteiger partial charge in [-0.05, 0) is 49.6 Å². The molecule has 1 saturated carbocycles. The van der Waals surface area contributed by atoms with Crippen molar-refractivity contribution in [1.29, 1.82) is 0 Å². The molecule has 3 rings (SSSR count). The van der Waals surface area contributed by atoms with Crippen LogP contribution >= 0.6 is 0 Å². The van der Waals surface area contributed by atoms with Crippen molar-refractivity contribution in [2.75, 3.05) is 7.05 Å². The lowest BCUT2D eigenvalue weighted by molar-refractivity contribution is 0.175. The number of nitrogens with zero attached hydrogens (tertiary/aromatic N) is 1. The number of rotatable bonds is 4. The molecule has 1 fully saturated rings. The highest BCUT2D eigenvalue weighted by Crippen LogP contribution is 2.52. The van der Waals surface area contributed by atoms with Crippen molar-refractivity contribution in [3.05, 3.63) is 65.5 Å². The molecule has 0 radical (unpaired) electrons. The summed E-state index contributed by atoms with van der Waals surface area (Å²) in [5.74, 6) is 0. The van der Waals surface area contributed by atoms with Gasteiger partial charge in [-0.2, -0.15) is 0 Å². The number of hydrogen-bond acceptors (Lipinski definition) is 2. The van der Waals surface area contributed by atoms with Crippen LogP contribution in [-0.2, 0) is 5.41 Å². The van der Waals surface area contributed by atoms with Gasteiger partial charge in [0.25, 0.3) is 0 Å². The molecule has 104 valence electrons. The van der Waals surface area contributed by atoms with Crippen LogP contribution in [0.5, 0.6) is 0 Å². The summed E-state index contributed by atoms with van der Waals surface area (Å²) in [6, 6.07) is 13.4. The second kappa shape index (κ2) is 5.37. The van der Waals surface area contributed by atoms with Gasteiger partial charge < -0.3 is 5.32 Å².